The Kier molecular flexibility index (Phi) is 5.88. The minimum absolute atomic E-state index is 0.0231. The van der Waals surface area contributed by atoms with Crippen LogP contribution in [0.1, 0.15) is 28.4 Å². The number of hydrogen-bond acceptors (Lipinski definition) is 4. The summed E-state index contributed by atoms with van der Waals surface area (Å²) in [6.45, 7) is 0. The fourth-order valence-electron chi connectivity index (χ4n) is 2.63. The fraction of sp³-hybridized carbons (Fsp3) is 0.150. The standard InChI is InChI=1S/C20H18ClN3O3/c1-27-19(25)13-18(14-3-7-16(21)8-4-14)23-20(26)15-5-9-17(10-6-15)24-12-2-11-22-24/h2-12,18H,13H2,1H3,(H,23,26). The van der Waals surface area contributed by atoms with Crippen LogP contribution < -0.4 is 5.32 Å². The van der Waals surface area contributed by atoms with Crippen LogP contribution in [0.2, 0.25) is 5.02 Å². The third kappa shape index (κ3) is 4.74. The highest BCUT2D eigenvalue weighted by Crippen LogP contribution is 2.21. The normalized spacial score (nSPS) is 11.6. The molecule has 0 spiro atoms. The van der Waals surface area contributed by atoms with E-state index in [0.717, 1.165) is 11.3 Å². The van der Waals surface area contributed by atoms with E-state index in [0.29, 0.717) is 10.6 Å². The van der Waals surface area contributed by atoms with Crippen molar-refractivity contribution in [3.05, 3.63) is 83.1 Å². The van der Waals surface area contributed by atoms with Crippen LogP contribution >= 0.6 is 11.6 Å². The lowest BCUT2D eigenvalue weighted by molar-refractivity contribution is -0.141. The molecule has 1 N–H and O–H groups in total. The van der Waals surface area contributed by atoms with E-state index < -0.39 is 12.0 Å². The number of amides is 1. The number of hydrogen-bond donors (Lipinski definition) is 1. The first-order valence-electron chi connectivity index (χ1n) is 8.30. The van der Waals surface area contributed by atoms with E-state index in [4.69, 9.17) is 16.3 Å². The molecule has 0 aliphatic rings. The predicted molar refractivity (Wildman–Crippen MR) is 102 cm³/mol. The molecule has 27 heavy (non-hydrogen) atoms. The summed E-state index contributed by atoms with van der Waals surface area (Å²) in [5.74, 6) is -0.699. The van der Waals surface area contributed by atoms with Crippen LogP contribution in [0.3, 0.4) is 0 Å². The Labute approximate surface area is 161 Å². The van der Waals surface area contributed by atoms with E-state index >= 15 is 0 Å². The minimum Gasteiger partial charge on any atom is -0.469 e. The van der Waals surface area contributed by atoms with Gasteiger partial charge in [-0.2, -0.15) is 5.10 Å². The Morgan fingerprint density at radius 3 is 2.44 bits per heavy atom. The maximum absolute atomic E-state index is 12.7. The van der Waals surface area contributed by atoms with E-state index in [-0.39, 0.29) is 12.3 Å². The largest absolute Gasteiger partial charge is 0.469 e. The highest BCUT2D eigenvalue weighted by atomic mass is 35.5. The number of carbonyl (C=O) groups excluding carboxylic acids is 2. The first kappa shape index (κ1) is 18.7. The molecule has 0 bridgehead atoms. The number of esters is 1. The van der Waals surface area contributed by atoms with Crippen LogP contribution in [0, 0.1) is 0 Å². The van der Waals surface area contributed by atoms with Crippen LogP contribution in [0.4, 0.5) is 0 Å². The molecular weight excluding hydrogens is 366 g/mol. The zero-order valence-electron chi connectivity index (χ0n) is 14.6. The molecule has 0 saturated heterocycles. The molecule has 3 rings (SSSR count). The topological polar surface area (TPSA) is 73.2 Å². The molecule has 0 fully saturated rings. The second kappa shape index (κ2) is 8.51. The third-order valence-electron chi connectivity index (χ3n) is 4.07. The van der Waals surface area contributed by atoms with Crippen molar-refractivity contribution < 1.29 is 14.3 Å². The molecule has 0 aliphatic carbocycles. The van der Waals surface area contributed by atoms with E-state index in [1.165, 1.54) is 7.11 Å². The van der Waals surface area contributed by atoms with Crippen molar-refractivity contribution in [3.8, 4) is 5.69 Å². The number of methoxy groups -OCH3 is 1. The van der Waals surface area contributed by atoms with Crippen molar-refractivity contribution in [2.24, 2.45) is 0 Å². The first-order chi connectivity index (χ1) is 13.1. The number of rotatable bonds is 6. The fourth-order valence-corrected chi connectivity index (χ4v) is 2.75. The molecule has 1 amide bonds. The monoisotopic (exact) mass is 383 g/mol. The SMILES string of the molecule is COC(=O)CC(NC(=O)c1ccc(-n2cccn2)cc1)c1ccc(Cl)cc1. The Hall–Kier alpha value is -3.12. The van der Waals surface area contributed by atoms with Crippen molar-refractivity contribution in [1.29, 1.82) is 0 Å². The molecule has 2 aromatic carbocycles. The first-order valence-corrected chi connectivity index (χ1v) is 8.68. The lowest BCUT2D eigenvalue weighted by Crippen LogP contribution is -2.30. The highest BCUT2D eigenvalue weighted by molar-refractivity contribution is 6.30. The number of benzene rings is 2. The molecule has 0 saturated carbocycles. The molecule has 7 heteroatoms. The molecule has 0 aliphatic heterocycles. The van der Waals surface area contributed by atoms with E-state index in [2.05, 4.69) is 10.4 Å². The van der Waals surface area contributed by atoms with Gasteiger partial charge in [-0.15, -0.1) is 0 Å². The Bertz CT molecular complexity index is 907. The quantitative estimate of drug-likeness (QED) is 0.660. The maximum atomic E-state index is 12.7. The van der Waals surface area contributed by atoms with Crippen molar-refractivity contribution in [2.75, 3.05) is 7.11 Å². The maximum Gasteiger partial charge on any atom is 0.307 e. The summed E-state index contributed by atoms with van der Waals surface area (Å²) in [6.07, 6.45) is 3.53. The molecule has 138 valence electrons. The lowest BCUT2D eigenvalue weighted by Gasteiger charge is -2.18. The summed E-state index contributed by atoms with van der Waals surface area (Å²) in [6, 6.07) is 15.3. The number of carbonyl (C=O) groups is 2. The summed E-state index contributed by atoms with van der Waals surface area (Å²) >= 11 is 5.92. The Morgan fingerprint density at radius 1 is 1.15 bits per heavy atom. The summed E-state index contributed by atoms with van der Waals surface area (Å²) in [7, 11) is 1.32. The Balaban J connectivity index is 1.77. The molecule has 1 aromatic heterocycles. The summed E-state index contributed by atoms with van der Waals surface area (Å²) < 4.78 is 6.45. The lowest BCUT2D eigenvalue weighted by atomic mass is 10.0. The van der Waals surface area contributed by atoms with Crippen molar-refractivity contribution in [3.63, 3.8) is 0 Å². The van der Waals surface area contributed by atoms with Gasteiger partial charge < -0.3 is 10.1 Å². The van der Waals surface area contributed by atoms with Gasteiger partial charge in [0.15, 0.2) is 0 Å². The van der Waals surface area contributed by atoms with Gasteiger partial charge in [0.2, 0.25) is 0 Å². The van der Waals surface area contributed by atoms with Crippen LogP contribution in [0.5, 0.6) is 0 Å². The molecule has 0 radical (unpaired) electrons. The van der Waals surface area contributed by atoms with Gasteiger partial charge in [0, 0.05) is 23.0 Å². The average molecular weight is 384 g/mol. The van der Waals surface area contributed by atoms with Gasteiger partial charge in [-0.05, 0) is 48.0 Å². The van der Waals surface area contributed by atoms with Crippen LogP contribution in [0.15, 0.2) is 67.0 Å². The Morgan fingerprint density at radius 2 is 1.85 bits per heavy atom. The summed E-state index contributed by atoms with van der Waals surface area (Å²) in [5.41, 5.74) is 2.10. The van der Waals surface area contributed by atoms with Crippen molar-refractivity contribution >= 4 is 23.5 Å². The molecule has 3 aromatic rings. The number of nitrogens with one attached hydrogen (secondary N) is 1. The highest BCUT2D eigenvalue weighted by Gasteiger charge is 2.20. The van der Waals surface area contributed by atoms with Crippen LogP contribution in [0.25, 0.3) is 5.69 Å². The van der Waals surface area contributed by atoms with E-state index in [1.807, 2.05) is 12.3 Å². The predicted octanol–water partition coefficient (Wildman–Crippen LogP) is 3.56. The third-order valence-corrected chi connectivity index (χ3v) is 4.33. The number of halogens is 1. The minimum atomic E-state index is -0.520. The number of ether oxygens (including phenoxy) is 1. The zero-order chi connectivity index (χ0) is 19.2. The summed E-state index contributed by atoms with van der Waals surface area (Å²) in [5, 5.41) is 7.62. The number of aromatic nitrogens is 2. The smallest absolute Gasteiger partial charge is 0.307 e. The van der Waals surface area contributed by atoms with Gasteiger partial charge in [-0.25, -0.2) is 4.68 Å². The van der Waals surface area contributed by atoms with Crippen molar-refractivity contribution in [2.45, 2.75) is 12.5 Å². The van der Waals surface area contributed by atoms with Gasteiger partial charge in [-0.1, -0.05) is 23.7 Å². The summed E-state index contributed by atoms with van der Waals surface area (Å²) in [4.78, 5) is 24.4. The molecule has 1 atom stereocenters. The van der Waals surface area contributed by atoms with Crippen molar-refractivity contribution in [1.82, 2.24) is 15.1 Å². The average Bonchev–Trinajstić information content (AvgIpc) is 3.23. The van der Waals surface area contributed by atoms with Gasteiger partial charge in [0.05, 0.1) is 25.3 Å². The second-order valence-corrected chi connectivity index (χ2v) is 6.29. The number of nitrogens with zero attached hydrogens (tertiary/aromatic N) is 2. The van der Waals surface area contributed by atoms with Gasteiger partial charge in [-0.3, -0.25) is 9.59 Å². The van der Waals surface area contributed by atoms with Gasteiger partial charge in [0.25, 0.3) is 5.91 Å². The second-order valence-electron chi connectivity index (χ2n) is 5.86. The molecule has 1 unspecified atom stereocenters. The molecule has 1 heterocycles. The molecular formula is C20H18ClN3O3. The van der Waals surface area contributed by atoms with Crippen LogP contribution in [-0.4, -0.2) is 28.8 Å². The van der Waals surface area contributed by atoms with Gasteiger partial charge >= 0.3 is 5.97 Å². The van der Waals surface area contributed by atoms with Gasteiger partial charge in [0.1, 0.15) is 0 Å². The van der Waals surface area contributed by atoms with E-state index in [9.17, 15) is 9.59 Å². The van der Waals surface area contributed by atoms with E-state index in [1.54, 1.807) is 59.4 Å². The zero-order valence-corrected chi connectivity index (χ0v) is 15.4. The molecule has 6 nitrogen and oxygen atoms in total. The van der Waals surface area contributed by atoms with Crippen LogP contribution in [-0.2, 0) is 9.53 Å².